The van der Waals surface area contributed by atoms with E-state index in [4.69, 9.17) is 23.2 Å². The highest BCUT2D eigenvalue weighted by molar-refractivity contribution is 6.35. The molecule has 0 aliphatic rings. The van der Waals surface area contributed by atoms with E-state index in [1.54, 1.807) is 6.07 Å². The third-order valence-electron chi connectivity index (χ3n) is 2.95. The lowest BCUT2D eigenvalue weighted by Gasteiger charge is -2.13. The molecular weight excluding hydrogens is 265 g/mol. The van der Waals surface area contributed by atoms with Gasteiger partial charge in [-0.1, -0.05) is 47.5 Å². The first-order valence-corrected chi connectivity index (χ1v) is 6.57. The van der Waals surface area contributed by atoms with Crippen LogP contribution < -0.4 is 5.32 Å². The quantitative estimate of drug-likeness (QED) is 0.812. The molecule has 0 atom stereocenters. The molecule has 2 aromatic rings. The number of nitrogens with one attached hydrogen (secondary N) is 1. The van der Waals surface area contributed by atoms with Crippen molar-refractivity contribution in [3.63, 3.8) is 0 Å². The molecule has 0 saturated heterocycles. The summed E-state index contributed by atoms with van der Waals surface area (Å²) in [5, 5.41) is 4.79. The van der Waals surface area contributed by atoms with Crippen molar-refractivity contribution in [1.82, 2.24) is 0 Å². The zero-order chi connectivity index (χ0) is 13.1. The zero-order valence-electron chi connectivity index (χ0n) is 10.4. The molecule has 2 rings (SSSR count). The number of rotatable bonds is 3. The van der Waals surface area contributed by atoms with E-state index in [1.165, 1.54) is 16.8 Å². The maximum absolute atomic E-state index is 6.15. The molecule has 3 heteroatoms. The normalized spacial score (nSPS) is 10.4. The van der Waals surface area contributed by atoms with Crippen LogP contribution in [0, 0.1) is 13.8 Å². The minimum Gasteiger partial charge on any atom is -0.380 e. The van der Waals surface area contributed by atoms with Crippen LogP contribution in [0.5, 0.6) is 0 Å². The Labute approximate surface area is 118 Å². The standard InChI is InChI=1S/C15H15Cl2N/c1-10-4-3-5-11(2)15(10)18-9-12-6-7-13(16)8-14(12)17/h3-8,18H,9H2,1-2H3. The van der Waals surface area contributed by atoms with Crippen molar-refractivity contribution in [2.24, 2.45) is 0 Å². The van der Waals surface area contributed by atoms with Gasteiger partial charge in [-0.3, -0.25) is 0 Å². The topological polar surface area (TPSA) is 12.0 Å². The van der Waals surface area contributed by atoms with Crippen molar-refractivity contribution in [2.75, 3.05) is 5.32 Å². The van der Waals surface area contributed by atoms with E-state index in [9.17, 15) is 0 Å². The monoisotopic (exact) mass is 279 g/mol. The van der Waals surface area contributed by atoms with Crippen LogP contribution in [0.2, 0.25) is 10.0 Å². The lowest BCUT2D eigenvalue weighted by atomic mass is 10.1. The van der Waals surface area contributed by atoms with Crippen molar-refractivity contribution < 1.29 is 0 Å². The molecule has 0 bridgehead atoms. The largest absolute Gasteiger partial charge is 0.380 e. The van der Waals surface area contributed by atoms with E-state index in [1.807, 2.05) is 12.1 Å². The SMILES string of the molecule is Cc1cccc(C)c1NCc1ccc(Cl)cc1Cl. The summed E-state index contributed by atoms with van der Waals surface area (Å²) in [6, 6.07) is 11.8. The summed E-state index contributed by atoms with van der Waals surface area (Å²) in [5.74, 6) is 0. The highest BCUT2D eigenvalue weighted by Crippen LogP contribution is 2.24. The van der Waals surface area contributed by atoms with Crippen LogP contribution in [0.3, 0.4) is 0 Å². The second-order valence-electron chi connectivity index (χ2n) is 4.36. The molecule has 1 nitrogen and oxygen atoms in total. The molecule has 0 amide bonds. The van der Waals surface area contributed by atoms with Crippen LogP contribution in [0.1, 0.15) is 16.7 Å². The molecule has 0 fully saturated rings. The Hall–Kier alpha value is -1.18. The minimum absolute atomic E-state index is 0.663. The van der Waals surface area contributed by atoms with Crippen LogP contribution in [0.4, 0.5) is 5.69 Å². The fourth-order valence-corrected chi connectivity index (χ4v) is 2.42. The van der Waals surface area contributed by atoms with E-state index < -0.39 is 0 Å². The van der Waals surface area contributed by atoms with Gasteiger partial charge in [0.1, 0.15) is 0 Å². The summed E-state index contributed by atoms with van der Waals surface area (Å²) in [6.45, 7) is 4.89. The van der Waals surface area contributed by atoms with Crippen LogP contribution >= 0.6 is 23.2 Å². The number of para-hydroxylation sites is 1. The minimum atomic E-state index is 0.663. The molecule has 0 aromatic heterocycles. The summed E-state index contributed by atoms with van der Waals surface area (Å²) in [6.07, 6.45) is 0. The molecule has 2 aromatic carbocycles. The molecule has 0 aliphatic heterocycles. The van der Waals surface area contributed by atoms with E-state index in [2.05, 4.69) is 37.4 Å². The fraction of sp³-hybridized carbons (Fsp3) is 0.200. The lowest BCUT2D eigenvalue weighted by molar-refractivity contribution is 1.13. The summed E-state index contributed by atoms with van der Waals surface area (Å²) < 4.78 is 0. The van der Waals surface area contributed by atoms with Crippen LogP contribution in [-0.4, -0.2) is 0 Å². The Morgan fingerprint density at radius 2 is 1.67 bits per heavy atom. The molecule has 0 radical (unpaired) electrons. The first kappa shape index (κ1) is 13.3. The molecule has 1 N–H and O–H groups in total. The number of benzene rings is 2. The van der Waals surface area contributed by atoms with Crippen molar-refractivity contribution >= 4 is 28.9 Å². The zero-order valence-corrected chi connectivity index (χ0v) is 11.9. The van der Waals surface area contributed by atoms with E-state index in [0.29, 0.717) is 16.6 Å². The first-order valence-electron chi connectivity index (χ1n) is 5.82. The van der Waals surface area contributed by atoms with Gasteiger partial charge in [0.05, 0.1) is 0 Å². The summed E-state index contributed by atoms with van der Waals surface area (Å²) >= 11 is 12.0. The van der Waals surface area contributed by atoms with E-state index in [0.717, 1.165) is 5.56 Å². The third-order valence-corrected chi connectivity index (χ3v) is 3.54. The molecule has 0 saturated carbocycles. The molecule has 94 valence electrons. The molecule has 0 aliphatic carbocycles. The van der Waals surface area contributed by atoms with E-state index >= 15 is 0 Å². The maximum Gasteiger partial charge on any atom is 0.0470 e. The predicted molar refractivity (Wildman–Crippen MR) is 79.7 cm³/mol. The Balaban J connectivity index is 2.16. The second-order valence-corrected chi connectivity index (χ2v) is 5.20. The van der Waals surface area contributed by atoms with Crippen LogP contribution in [-0.2, 0) is 6.54 Å². The molecule has 0 spiro atoms. The number of halogens is 2. The lowest BCUT2D eigenvalue weighted by Crippen LogP contribution is -2.03. The van der Waals surface area contributed by atoms with Crippen LogP contribution in [0.15, 0.2) is 36.4 Å². The summed E-state index contributed by atoms with van der Waals surface area (Å²) in [4.78, 5) is 0. The van der Waals surface area contributed by atoms with Gasteiger partial charge in [-0.15, -0.1) is 0 Å². The van der Waals surface area contributed by atoms with Gasteiger partial charge in [-0.25, -0.2) is 0 Å². The number of hydrogen-bond donors (Lipinski definition) is 1. The summed E-state index contributed by atoms with van der Waals surface area (Å²) in [7, 11) is 0. The van der Waals surface area contributed by atoms with Gasteiger partial charge in [0, 0.05) is 22.3 Å². The average molecular weight is 280 g/mol. The smallest absolute Gasteiger partial charge is 0.0470 e. The van der Waals surface area contributed by atoms with Crippen molar-refractivity contribution in [2.45, 2.75) is 20.4 Å². The first-order chi connectivity index (χ1) is 8.58. The van der Waals surface area contributed by atoms with Crippen molar-refractivity contribution in [3.05, 3.63) is 63.1 Å². The Morgan fingerprint density at radius 3 is 2.28 bits per heavy atom. The van der Waals surface area contributed by atoms with Gasteiger partial charge in [0.25, 0.3) is 0 Å². The van der Waals surface area contributed by atoms with E-state index in [-0.39, 0.29) is 0 Å². The van der Waals surface area contributed by atoms with Gasteiger partial charge in [0.2, 0.25) is 0 Å². The highest BCUT2D eigenvalue weighted by Gasteiger charge is 2.04. The average Bonchev–Trinajstić information content (AvgIpc) is 2.31. The number of hydrogen-bond acceptors (Lipinski definition) is 1. The molecular formula is C15H15Cl2N. The van der Waals surface area contributed by atoms with Crippen LogP contribution in [0.25, 0.3) is 0 Å². The predicted octanol–water partition coefficient (Wildman–Crippen LogP) is 5.22. The highest BCUT2D eigenvalue weighted by atomic mass is 35.5. The number of aryl methyl sites for hydroxylation is 2. The van der Waals surface area contributed by atoms with Gasteiger partial charge in [0.15, 0.2) is 0 Å². The third kappa shape index (κ3) is 2.98. The maximum atomic E-state index is 6.15. The van der Waals surface area contributed by atoms with Crippen molar-refractivity contribution in [1.29, 1.82) is 0 Å². The number of anilines is 1. The summed E-state index contributed by atoms with van der Waals surface area (Å²) in [5.41, 5.74) is 4.69. The molecule has 0 heterocycles. The molecule has 0 unspecified atom stereocenters. The Bertz CT molecular complexity index is 544. The Kier molecular flexibility index (Phi) is 4.15. The van der Waals surface area contributed by atoms with Gasteiger partial charge in [-0.2, -0.15) is 0 Å². The van der Waals surface area contributed by atoms with Gasteiger partial charge < -0.3 is 5.32 Å². The molecule has 18 heavy (non-hydrogen) atoms. The van der Waals surface area contributed by atoms with Gasteiger partial charge >= 0.3 is 0 Å². The van der Waals surface area contributed by atoms with Crippen molar-refractivity contribution in [3.8, 4) is 0 Å². The second kappa shape index (κ2) is 5.64. The Morgan fingerprint density at radius 1 is 1.00 bits per heavy atom. The fourth-order valence-electron chi connectivity index (χ4n) is 1.94. The van der Waals surface area contributed by atoms with Gasteiger partial charge in [-0.05, 0) is 42.7 Å².